The number of carbonyl (C=O) groups is 2. The number of carbonyl (C=O) groups excluding carboxylic acids is 2. The molecule has 1 atom stereocenters. The van der Waals surface area contributed by atoms with Crippen molar-refractivity contribution in [3.63, 3.8) is 0 Å². The number of hydrogen-bond donors (Lipinski definition) is 2. The van der Waals surface area contributed by atoms with Gasteiger partial charge in [-0.3, -0.25) is 9.59 Å². The quantitative estimate of drug-likeness (QED) is 0.792. The first-order valence-corrected chi connectivity index (χ1v) is 5.54. The molecular weight excluding hydrogens is 236 g/mol. The van der Waals surface area contributed by atoms with Crippen LogP contribution in [0.1, 0.15) is 6.92 Å². The summed E-state index contributed by atoms with van der Waals surface area (Å²) in [6.07, 6.45) is -0.742. The van der Waals surface area contributed by atoms with E-state index < -0.39 is 24.5 Å². The first-order chi connectivity index (χ1) is 8.58. The number of amides is 2. The number of ether oxygens (including phenoxy) is 1. The molecule has 0 fully saturated rings. The van der Waals surface area contributed by atoms with Crippen LogP contribution in [0.2, 0.25) is 0 Å². The van der Waals surface area contributed by atoms with Gasteiger partial charge < -0.3 is 15.2 Å². The highest BCUT2D eigenvalue weighted by Crippen LogP contribution is 2.36. The molecule has 0 aromatic heterocycles. The Morgan fingerprint density at radius 1 is 1.56 bits per heavy atom. The highest BCUT2D eigenvalue weighted by atomic mass is 16.5. The fraction of sp³-hybridized carbons (Fsp3) is 0.333. The summed E-state index contributed by atoms with van der Waals surface area (Å²) in [4.78, 5) is 24.6. The lowest BCUT2D eigenvalue weighted by Gasteiger charge is -2.31. The molecule has 6 nitrogen and oxygen atoms in total. The van der Waals surface area contributed by atoms with Gasteiger partial charge in [-0.15, -0.1) is 0 Å². The van der Waals surface area contributed by atoms with Crippen LogP contribution in [0.4, 0.5) is 11.4 Å². The van der Waals surface area contributed by atoms with Gasteiger partial charge in [0.05, 0.1) is 5.69 Å². The summed E-state index contributed by atoms with van der Waals surface area (Å²) in [6.45, 7) is 0.844. The van der Waals surface area contributed by atoms with E-state index in [4.69, 9.17) is 9.84 Å². The Hall–Kier alpha value is -2.08. The number of anilines is 2. The lowest BCUT2D eigenvalue weighted by Crippen LogP contribution is -2.48. The van der Waals surface area contributed by atoms with Crippen LogP contribution in [0, 0.1) is 0 Å². The van der Waals surface area contributed by atoms with Crippen LogP contribution in [0.25, 0.3) is 0 Å². The van der Waals surface area contributed by atoms with Crippen LogP contribution >= 0.6 is 0 Å². The number of nitrogens with one attached hydrogen (secondary N) is 1. The molecule has 0 radical (unpaired) electrons. The van der Waals surface area contributed by atoms with E-state index in [2.05, 4.69) is 5.32 Å². The zero-order chi connectivity index (χ0) is 13.3. The summed E-state index contributed by atoms with van der Waals surface area (Å²) >= 11 is 0. The summed E-state index contributed by atoms with van der Waals surface area (Å²) < 4.78 is 5.42. The van der Waals surface area contributed by atoms with Gasteiger partial charge in [0.25, 0.3) is 11.8 Å². The van der Waals surface area contributed by atoms with Gasteiger partial charge in [-0.1, -0.05) is 0 Å². The molecule has 1 aromatic rings. The molecule has 0 spiro atoms. The summed E-state index contributed by atoms with van der Waals surface area (Å²) in [5.41, 5.74) is 1.10. The normalized spacial score (nSPS) is 18.1. The van der Waals surface area contributed by atoms with Crippen molar-refractivity contribution in [3.8, 4) is 5.75 Å². The van der Waals surface area contributed by atoms with Gasteiger partial charge in [-0.2, -0.15) is 0 Å². The molecule has 96 valence electrons. The Morgan fingerprint density at radius 3 is 2.89 bits per heavy atom. The Morgan fingerprint density at radius 2 is 2.28 bits per heavy atom. The molecule has 0 saturated heterocycles. The van der Waals surface area contributed by atoms with Crippen molar-refractivity contribution >= 4 is 23.2 Å². The summed E-state index contributed by atoms with van der Waals surface area (Å²) in [7, 11) is 1.73. The first kappa shape index (κ1) is 12.4. The maximum atomic E-state index is 11.9. The topological polar surface area (TPSA) is 78.9 Å². The van der Waals surface area contributed by atoms with E-state index in [1.165, 1.54) is 0 Å². The molecule has 1 aliphatic heterocycles. The van der Waals surface area contributed by atoms with Crippen molar-refractivity contribution < 1.29 is 19.4 Å². The Labute approximate surface area is 104 Å². The predicted octanol–water partition coefficient (Wildman–Crippen LogP) is 0.361. The van der Waals surface area contributed by atoms with Crippen molar-refractivity contribution in [3.05, 3.63) is 18.2 Å². The highest BCUT2D eigenvalue weighted by Gasteiger charge is 2.35. The second-order valence-electron chi connectivity index (χ2n) is 3.92. The number of benzene rings is 1. The van der Waals surface area contributed by atoms with Crippen LogP contribution in [-0.4, -0.2) is 36.7 Å². The second-order valence-corrected chi connectivity index (χ2v) is 3.92. The van der Waals surface area contributed by atoms with Crippen LogP contribution < -0.4 is 15.0 Å². The van der Waals surface area contributed by atoms with Crippen molar-refractivity contribution in [1.82, 2.24) is 0 Å². The molecular formula is C12H14N2O4. The zero-order valence-electron chi connectivity index (χ0n) is 10.1. The molecule has 0 saturated carbocycles. The zero-order valence-corrected chi connectivity index (χ0v) is 10.1. The Kier molecular flexibility index (Phi) is 3.20. The predicted molar refractivity (Wildman–Crippen MR) is 65.7 cm³/mol. The lowest BCUT2D eigenvalue weighted by molar-refractivity contribution is -0.132. The fourth-order valence-electron chi connectivity index (χ4n) is 1.82. The average molecular weight is 250 g/mol. The van der Waals surface area contributed by atoms with Crippen LogP contribution in [-0.2, 0) is 9.59 Å². The number of aliphatic hydroxyl groups excluding tert-OH is 1. The third-order valence-corrected chi connectivity index (χ3v) is 2.75. The van der Waals surface area contributed by atoms with Crippen molar-refractivity contribution in [2.75, 3.05) is 23.9 Å². The maximum absolute atomic E-state index is 11.9. The molecule has 1 aliphatic rings. The van der Waals surface area contributed by atoms with Crippen molar-refractivity contribution in [2.24, 2.45) is 0 Å². The molecule has 0 aliphatic carbocycles. The minimum atomic E-state index is -0.742. The van der Waals surface area contributed by atoms with Crippen molar-refractivity contribution in [2.45, 2.75) is 13.0 Å². The minimum Gasteiger partial charge on any atom is -0.479 e. The summed E-state index contributed by atoms with van der Waals surface area (Å²) in [5, 5.41) is 11.9. The number of rotatable bonds is 2. The molecule has 2 rings (SSSR count). The van der Waals surface area contributed by atoms with E-state index >= 15 is 0 Å². The third kappa shape index (κ3) is 1.91. The molecule has 0 bridgehead atoms. The van der Waals surface area contributed by atoms with Crippen molar-refractivity contribution in [1.29, 1.82) is 0 Å². The molecule has 2 amide bonds. The number of aliphatic hydroxyl groups is 1. The Balaban J connectivity index is 2.53. The largest absolute Gasteiger partial charge is 0.479 e. The van der Waals surface area contributed by atoms with Gasteiger partial charge in [0.15, 0.2) is 6.10 Å². The van der Waals surface area contributed by atoms with Gasteiger partial charge in [0.2, 0.25) is 0 Å². The Bertz CT molecular complexity index is 501. The monoisotopic (exact) mass is 250 g/mol. The summed E-state index contributed by atoms with van der Waals surface area (Å²) in [6, 6.07) is 5.09. The van der Waals surface area contributed by atoms with E-state index in [0.29, 0.717) is 11.4 Å². The molecule has 1 unspecified atom stereocenters. The van der Waals surface area contributed by atoms with E-state index in [1.54, 1.807) is 32.2 Å². The third-order valence-electron chi connectivity index (χ3n) is 2.75. The molecule has 2 N–H and O–H groups in total. The molecule has 18 heavy (non-hydrogen) atoms. The average Bonchev–Trinajstić information content (AvgIpc) is 2.39. The van der Waals surface area contributed by atoms with Gasteiger partial charge in [-0.25, -0.2) is 4.90 Å². The fourth-order valence-corrected chi connectivity index (χ4v) is 1.82. The van der Waals surface area contributed by atoms with Gasteiger partial charge >= 0.3 is 0 Å². The van der Waals surface area contributed by atoms with E-state index in [1.807, 2.05) is 0 Å². The van der Waals surface area contributed by atoms with Gasteiger partial charge in [0, 0.05) is 12.7 Å². The highest BCUT2D eigenvalue weighted by molar-refractivity contribution is 6.18. The van der Waals surface area contributed by atoms with E-state index in [0.717, 1.165) is 10.6 Å². The number of hydrogen-bond acceptors (Lipinski definition) is 5. The van der Waals surface area contributed by atoms with Crippen LogP contribution in [0.3, 0.4) is 0 Å². The summed E-state index contributed by atoms with van der Waals surface area (Å²) in [5.74, 6) is -0.692. The standard InChI is InChI=1S/C12H14N2O4/c1-7-12(17)14(11(16)6-15)9-5-8(13-2)3-4-10(9)18-7/h3-5,7,13,15H,6H2,1-2H3. The van der Waals surface area contributed by atoms with Gasteiger partial charge in [0.1, 0.15) is 12.4 Å². The van der Waals surface area contributed by atoms with Crippen LogP contribution in [0.15, 0.2) is 18.2 Å². The SMILES string of the molecule is CNc1ccc2c(c1)N(C(=O)CO)C(=O)C(C)O2. The van der Waals surface area contributed by atoms with Crippen LogP contribution in [0.5, 0.6) is 5.75 Å². The lowest BCUT2D eigenvalue weighted by atomic mass is 10.1. The molecule has 1 aromatic carbocycles. The number of fused-ring (bicyclic) bond motifs is 1. The number of nitrogens with zero attached hydrogens (tertiary/aromatic N) is 1. The second kappa shape index (κ2) is 4.66. The minimum absolute atomic E-state index is 0.351. The van der Waals surface area contributed by atoms with E-state index in [-0.39, 0.29) is 0 Å². The maximum Gasteiger partial charge on any atom is 0.274 e. The van der Waals surface area contributed by atoms with E-state index in [9.17, 15) is 9.59 Å². The molecule has 1 heterocycles. The molecule has 6 heteroatoms. The van der Waals surface area contributed by atoms with Gasteiger partial charge in [-0.05, 0) is 25.1 Å². The smallest absolute Gasteiger partial charge is 0.274 e. The first-order valence-electron chi connectivity index (χ1n) is 5.54. The number of imide groups is 1.